The first-order valence-corrected chi connectivity index (χ1v) is 7.70. The lowest BCUT2D eigenvalue weighted by Gasteiger charge is -2.25. The van der Waals surface area contributed by atoms with Crippen molar-refractivity contribution in [2.45, 2.75) is 31.5 Å². The maximum absolute atomic E-state index is 12.3. The Morgan fingerprint density at radius 3 is 2.86 bits per heavy atom. The number of carbonyl (C=O) groups excluding carboxylic acids is 2. The Balaban J connectivity index is 1.67. The first-order valence-electron chi connectivity index (χ1n) is 7.70. The molecule has 0 N–H and O–H groups in total. The molecule has 2 aliphatic heterocycles. The van der Waals surface area contributed by atoms with Crippen LogP contribution in [0, 0.1) is 0 Å². The second-order valence-electron chi connectivity index (χ2n) is 6.23. The molecule has 6 nitrogen and oxygen atoms in total. The molecule has 0 spiro atoms. The van der Waals surface area contributed by atoms with Crippen LogP contribution in [0.2, 0.25) is 0 Å². The Morgan fingerprint density at radius 2 is 2.18 bits per heavy atom. The Hall–Kier alpha value is -1.95. The normalized spacial score (nSPS) is 24.6. The van der Waals surface area contributed by atoms with Gasteiger partial charge in [-0.1, -0.05) is 6.07 Å². The van der Waals surface area contributed by atoms with Crippen molar-refractivity contribution in [2.75, 3.05) is 27.2 Å². The van der Waals surface area contributed by atoms with Crippen molar-refractivity contribution in [1.29, 1.82) is 0 Å². The molecule has 0 bridgehead atoms. The quantitative estimate of drug-likeness (QED) is 0.805. The van der Waals surface area contributed by atoms with E-state index in [4.69, 9.17) is 0 Å². The number of fused-ring (bicyclic) bond motifs is 1. The lowest BCUT2D eigenvalue weighted by molar-refractivity contribution is -0.138. The van der Waals surface area contributed by atoms with E-state index in [-0.39, 0.29) is 30.4 Å². The maximum atomic E-state index is 12.3. The molecule has 2 fully saturated rings. The molecule has 0 radical (unpaired) electrons. The van der Waals surface area contributed by atoms with Gasteiger partial charge in [0.05, 0.1) is 5.69 Å². The number of likely N-dealkylation sites (tertiary alicyclic amines) is 2. The van der Waals surface area contributed by atoms with Crippen molar-refractivity contribution in [3.05, 3.63) is 30.1 Å². The standard InChI is InChI=1S/C16H22N4O2/c1-18(2)16(22)11-20-13-6-8-19(14(13)9-15(20)21)10-12-5-3-4-7-17-12/h3-5,7,13-14H,6,8-11H2,1-2H3/t13-,14+/m0/s1. The number of carbonyl (C=O) groups is 2. The highest BCUT2D eigenvalue weighted by Crippen LogP contribution is 2.33. The van der Waals surface area contributed by atoms with Crippen LogP contribution in [0.5, 0.6) is 0 Å². The zero-order valence-corrected chi connectivity index (χ0v) is 13.1. The summed E-state index contributed by atoms with van der Waals surface area (Å²) in [4.78, 5) is 34.2. The van der Waals surface area contributed by atoms with Gasteiger partial charge in [0.15, 0.2) is 0 Å². The molecule has 2 aliphatic rings. The van der Waals surface area contributed by atoms with Crippen molar-refractivity contribution < 1.29 is 9.59 Å². The van der Waals surface area contributed by atoms with Crippen LogP contribution in [0.15, 0.2) is 24.4 Å². The minimum Gasteiger partial charge on any atom is -0.347 e. The van der Waals surface area contributed by atoms with Crippen molar-refractivity contribution in [3.8, 4) is 0 Å². The zero-order valence-electron chi connectivity index (χ0n) is 13.1. The highest BCUT2D eigenvalue weighted by atomic mass is 16.2. The van der Waals surface area contributed by atoms with Crippen LogP contribution >= 0.6 is 0 Å². The number of pyridine rings is 1. The van der Waals surface area contributed by atoms with Gasteiger partial charge in [0.2, 0.25) is 11.8 Å². The number of nitrogens with zero attached hydrogens (tertiary/aromatic N) is 4. The fraction of sp³-hybridized carbons (Fsp3) is 0.562. The summed E-state index contributed by atoms with van der Waals surface area (Å²) in [6.45, 7) is 1.92. The van der Waals surface area contributed by atoms with Gasteiger partial charge in [-0.2, -0.15) is 0 Å². The van der Waals surface area contributed by atoms with Crippen LogP contribution in [0.25, 0.3) is 0 Å². The SMILES string of the molecule is CN(C)C(=O)CN1C(=O)C[C@@H]2[C@@H]1CCN2Cc1ccccn1. The van der Waals surface area contributed by atoms with Crippen molar-refractivity contribution in [3.63, 3.8) is 0 Å². The molecule has 118 valence electrons. The fourth-order valence-electron chi connectivity index (χ4n) is 3.40. The molecule has 2 atom stereocenters. The van der Waals surface area contributed by atoms with Gasteiger partial charge in [-0.3, -0.25) is 19.5 Å². The second kappa shape index (κ2) is 6.04. The lowest BCUT2D eigenvalue weighted by Crippen LogP contribution is -2.43. The Morgan fingerprint density at radius 1 is 1.36 bits per heavy atom. The summed E-state index contributed by atoms with van der Waals surface area (Å²) in [5.74, 6) is 0.0769. The average Bonchev–Trinajstić information content (AvgIpc) is 3.01. The molecule has 2 amide bonds. The molecule has 2 saturated heterocycles. The van der Waals surface area contributed by atoms with Gasteiger partial charge in [-0.05, 0) is 18.6 Å². The number of hydrogen-bond acceptors (Lipinski definition) is 4. The molecule has 1 aromatic rings. The van der Waals surface area contributed by atoms with Crippen LogP contribution in [0.1, 0.15) is 18.5 Å². The van der Waals surface area contributed by atoms with Crippen LogP contribution in [0.4, 0.5) is 0 Å². The van der Waals surface area contributed by atoms with Gasteiger partial charge in [0.1, 0.15) is 6.54 Å². The van der Waals surface area contributed by atoms with Crippen molar-refractivity contribution >= 4 is 11.8 Å². The first-order chi connectivity index (χ1) is 10.6. The summed E-state index contributed by atoms with van der Waals surface area (Å²) in [5.41, 5.74) is 1.03. The highest BCUT2D eigenvalue weighted by Gasteiger charge is 2.47. The number of aromatic nitrogens is 1. The van der Waals surface area contributed by atoms with E-state index in [1.54, 1.807) is 30.1 Å². The first kappa shape index (κ1) is 15.0. The molecule has 1 aromatic heterocycles. The van der Waals surface area contributed by atoms with Crippen LogP contribution < -0.4 is 0 Å². The van der Waals surface area contributed by atoms with Crippen LogP contribution in [0.3, 0.4) is 0 Å². The summed E-state index contributed by atoms with van der Waals surface area (Å²) < 4.78 is 0. The predicted octanol–water partition coefficient (Wildman–Crippen LogP) is 0.345. The number of hydrogen-bond donors (Lipinski definition) is 0. The second-order valence-corrected chi connectivity index (χ2v) is 6.23. The van der Waals surface area contributed by atoms with E-state index in [1.807, 2.05) is 18.2 Å². The minimum absolute atomic E-state index is 0.0165. The topological polar surface area (TPSA) is 56.8 Å². The van der Waals surface area contributed by atoms with E-state index in [2.05, 4.69) is 9.88 Å². The van der Waals surface area contributed by atoms with Gasteiger partial charge in [-0.25, -0.2) is 0 Å². The molecular weight excluding hydrogens is 280 g/mol. The zero-order chi connectivity index (χ0) is 15.7. The lowest BCUT2D eigenvalue weighted by atomic mass is 10.1. The third kappa shape index (κ3) is 2.83. The summed E-state index contributed by atoms with van der Waals surface area (Å²) in [6, 6.07) is 6.28. The van der Waals surface area contributed by atoms with Crippen LogP contribution in [-0.4, -0.2) is 70.8 Å². The summed E-state index contributed by atoms with van der Waals surface area (Å²) in [7, 11) is 3.45. The number of likely N-dealkylation sites (N-methyl/N-ethyl adjacent to an activating group) is 1. The van der Waals surface area contributed by atoms with Crippen LogP contribution in [-0.2, 0) is 16.1 Å². The third-order valence-corrected chi connectivity index (χ3v) is 4.63. The van der Waals surface area contributed by atoms with Gasteiger partial charge < -0.3 is 9.80 Å². The van der Waals surface area contributed by atoms with Gasteiger partial charge in [0.25, 0.3) is 0 Å². The Bertz CT molecular complexity index is 561. The molecular formula is C16H22N4O2. The molecule has 0 saturated carbocycles. The van der Waals surface area contributed by atoms with Crippen molar-refractivity contribution in [2.24, 2.45) is 0 Å². The van der Waals surface area contributed by atoms with E-state index in [1.165, 1.54) is 0 Å². The average molecular weight is 302 g/mol. The summed E-state index contributed by atoms with van der Waals surface area (Å²) in [5, 5.41) is 0. The van der Waals surface area contributed by atoms with E-state index in [0.717, 1.165) is 25.2 Å². The third-order valence-electron chi connectivity index (χ3n) is 4.63. The van der Waals surface area contributed by atoms with E-state index >= 15 is 0 Å². The maximum Gasteiger partial charge on any atom is 0.241 e. The molecule has 3 rings (SSSR count). The van der Waals surface area contributed by atoms with Gasteiger partial charge in [-0.15, -0.1) is 0 Å². The molecule has 0 aromatic carbocycles. The minimum atomic E-state index is -0.0165. The van der Waals surface area contributed by atoms with Gasteiger partial charge in [0, 0.05) is 51.9 Å². The van der Waals surface area contributed by atoms with Crippen molar-refractivity contribution in [1.82, 2.24) is 19.7 Å². The highest BCUT2D eigenvalue weighted by molar-refractivity contribution is 5.86. The molecule has 6 heteroatoms. The molecule has 0 unspecified atom stereocenters. The monoisotopic (exact) mass is 302 g/mol. The fourth-order valence-corrected chi connectivity index (χ4v) is 3.40. The predicted molar refractivity (Wildman–Crippen MR) is 81.9 cm³/mol. The summed E-state index contributed by atoms with van der Waals surface area (Å²) >= 11 is 0. The summed E-state index contributed by atoms with van der Waals surface area (Å²) in [6.07, 6.45) is 3.24. The molecule has 22 heavy (non-hydrogen) atoms. The molecule has 0 aliphatic carbocycles. The number of rotatable bonds is 4. The molecule has 3 heterocycles. The van der Waals surface area contributed by atoms with Gasteiger partial charge >= 0.3 is 0 Å². The number of amides is 2. The Labute approximate surface area is 130 Å². The largest absolute Gasteiger partial charge is 0.347 e. The Kier molecular flexibility index (Phi) is 4.11. The van der Waals surface area contributed by atoms with E-state index in [9.17, 15) is 9.59 Å². The van der Waals surface area contributed by atoms with E-state index < -0.39 is 0 Å². The smallest absolute Gasteiger partial charge is 0.241 e. The van der Waals surface area contributed by atoms with E-state index in [0.29, 0.717) is 6.42 Å².